The van der Waals surface area contributed by atoms with Crippen LogP contribution in [0, 0.1) is 0 Å². The number of rotatable bonds is 4. The quantitative estimate of drug-likeness (QED) is 0.740. The maximum absolute atomic E-state index is 12.4. The van der Waals surface area contributed by atoms with Crippen molar-refractivity contribution in [2.24, 2.45) is 0 Å². The molecule has 0 amide bonds. The zero-order valence-electron chi connectivity index (χ0n) is 11.8. The summed E-state index contributed by atoms with van der Waals surface area (Å²) in [7, 11) is 0. The van der Waals surface area contributed by atoms with Gasteiger partial charge in [-0.05, 0) is 31.4 Å². The van der Waals surface area contributed by atoms with Gasteiger partial charge < -0.3 is 4.52 Å². The lowest BCUT2D eigenvalue weighted by molar-refractivity contribution is 0.376. The van der Waals surface area contributed by atoms with Gasteiger partial charge >= 0.3 is 0 Å². The predicted molar refractivity (Wildman–Crippen MR) is 83.0 cm³/mol. The van der Waals surface area contributed by atoms with E-state index < -0.39 is 0 Å². The summed E-state index contributed by atoms with van der Waals surface area (Å²) in [4.78, 5) is 12.4. The lowest BCUT2D eigenvalue weighted by atomic mass is 10.1. The molecule has 21 heavy (non-hydrogen) atoms. The number of aromatic nitrogens is 2. The topological polar surface area (TPSA) is 48.0 Å². The zero-order chi connectivity index (χ0) is 14.4. The van der Waals surface area contributed by atoms with Crippen molar-refractivity contribution in [1.29, 1.82) is 0 Å². The second-order valence-electron chi connectivity index (χ2n) is 5.53. The maximum Gasteiger partial charge on any atom is 0.268 e. The standard InChI is InChI=1S/C16H16N2O2S/c1-2-11-13(17-20-15(11)10-7-8-10)9-18-16(19)12-5-3-4-6-14(12)21-18/h3-6,10H,2,7-9H2,1H3. The van der Waals surface area contributed by atoms with E-state index in [9.17, 15) is 4.79 Å². The van der Waals surface area contributed by atoms with E-state index in [0.717, 1.165) is 28.0 Å². The highest BCUT2D eigenvalue weighted by molar-refractivity contribution is 7.13. The van der Waals surface area contributed by atoms with E-state index in [1.807, 2.05) is 24.3 Å². The Morgan fingerprint density at radius 2 is 2.19 bits per heavy atom. The molecular weight excluding hydrogens is 284 g/mol. The average molecular weight is 300 g/mol. The van der Waals surface area contributed by atoms with E-state index in [2.05, 4.69) is 12.1 Å². The van der Waals surface area contributed by atoms with Crippen LogP contribution in [0.1, 0.15) is 42.7 Å². The molecule has 0 spiro atoms. The van der Waals surface area contributed by atoms with Crippen LogP contribution in [0.4, 0.5) is 0 Å². The summed E-state index contributed by atoms with van der Waals surface area (Å²) in [6, 6.07) is 7.72. The molecule has 1 saturated carbocycles. The number of benzene rings is 1. The largest absolute Gasteiger partial charge is 0.360 e. The van der Waals surface area contributed by atoms with Gasteiger partial charge in [0.25, 0.3) is 5.56 Å². The minimum Gasteiger partial charge on any atom is -0.360 e. The Labute approximate surface area is 126 Å². The molecule has 0 bridgehead atoms. The number of fused-ring (bicyclic) bond motifs is 1. The van der Waals surface area contributed by atoms with Gasteiger partial charge in [0.05, 0.1) is 16.6 Å². The van der Waals surface area contributed by atoms with Gasteiger partial charge in [-0.1, -0.05) is 35.7 Å². The van der Waals surface area contributed by atoms with Crippen LogP contribution >= 0.6 is 11.5 Å². The lowest BCUT2D eigenvalue weighted by Gasteiger charge is -2.00. The first-order valence-corrected chi connectivity index (χ1v) is 8.11. The molecule has 1 aromatic carbocycles. The van der Waals surface area contributed by atoms with Gasteiger partial charge in [-0.3, -0.25) is 8.75 Å². The third-order valence-corrected chi connectivity index (χ3v) is 5.12. The first kappa shape index (κ1) is 12.8. The van der Waals surface area contributed by atoms with Crippen LogP contribution in [-0.2, 0) is 13.0 Å². The molecule has 4 rings (SSSR count). The van der Waals surface area contributed by atoms with E-state index in [-0.39, 0.29) is 5.56 Å². The summed E-state index contributed by atoms with van der Waals surface area (Å²) >= 11 is 1.49. The molecule has 0 saturated heterocycles. The molecule has 0 aliphatic heterocycles. The van der Waals surface area contributed by atoms with Crippen LogP contribution in [0.15, 0.2) is 33.6 Å². The molecule has 2 aromatic heterocycles. The van der Waals surface area contributed by atoms with Crippen LogP contribution < -0.4 is 5.56 Å². The molecule has 108 valence electrons. The number of hydrogen-bond donors (Lipinski definition) is 0. The molecule has 5 heteroatoms. The second kappa shape index (κ2) is 4.84. The van der Waals surface area contributed by atoms with E-state index in [4.69, 9.17) is 4.52 Å². The molecule has 0 N–H and O–H groups in total. The van der Waals surface area contributed by atoms with Gasteiger partial charge in [-0.25, -0.2) is 0 Å². The van der Waals surface area contributed by atoms with Crippen molar-refractivity contribution in [3.8, 4) is 0 Å². The summed E-state index contributed by atoms with van der Waals surface area (Å²) in [6.07, 6.45) is 3.30. The fourth-order valence-electron chi connectivity index (χ4n) is 2.78. The summed E-state index contributed by atoms with van der Waals surface area (Å²) in [6.45, 7) is 2.63. The van der Waals surface area contributed by atoms with Gasteiger partial charge in [-0.2, -0.15) is 0 Å². The van der Waals surface area contributed by atoms with E-state index in [1.165, 1.54) is 29.9 Å². The smallest absolute Gasteiger partial charge is 0.268 e. The van der Waals surface area contributed by atoms with Gasteiger partial charge in [0.2, 0.25) is 0 Å². The summed E-state index contributed by atoms with van der Waals surface area (Å²) in [5.41, 5.74) is 2.17. The van der Waals surface area contributed by atoms with Crippen LogP contribution in [0.25, 0.3) is 10.1 Å². The van der Waals surface area contributed by atoms with Crippen molar-refractivity contribution >= 4 is 21.6 Å². The Morgan fingerprint density at radius 3 is 2.90 bits per heavy atom. The van der Waals surface area contributed by atoms with Crippen LogP contribution in [0.2, 0.25) is 0 Å². The SMILES string of the molecule is CCc1c(Cn2sc3ccccc3c2=O)noc1C1CC1. The van der Waals surface area contributed by atoms with Crippen LogP contribution in [-0.4, -0.2) is 9.11 Å². The molecule has 2 heterocycles. The second-order valence-corrected chi connectivity index (χ2v) is 6.59. The Balaban J connectivity index is 1.74. The molecule has 3 aromatic rings. The van der Waals surface area contributed by atoms with E-state index in [0.29, 0.717) is 12.5 Å². The Hall–Kier alpha value is -1.88. The number of nitrogens with zero attached hydrogens (tertiary/aromatic N) is 2. The van der Waals surface area contributed by atoms with Gasteiger partial charge in [0.1, 0.15) is 11.5 Å². The highest BCUT2D eigenvalue weighted by Gasteiger charge is 2.31. The van der Waals surface area contributed by atoms with E-state index in [1.54, 1.807) is 3.96 Å². The highest BCUT2D eigenvalue weighted by Crippen LogP contribution is 2.42. The van der Waals surface area contributed by atoms with Crippen molar-refractivity contribution in [2.75, 3.05) is 0 Å². The molecule has 1 fully saturated rings. The van der Waals surface area contributed by atoms with Gasteiger partial charge in [0, 0.05) is 11.5 Å². The van der Waals surface area contributed by atoms with Crippen molar-refractivity contribution in [3.05, 3.63) is 51.6 Å². The molecule has 4 nitrogen and oxygen atoms in total. The van der Waals surface area contributed by atoms with Gasteiger partial charge in [0.15, 0.2) is 0 Å². The normalized spacial score (nSPS) is 14.9. The fraction of sp³-hybridized carbons (Fsp3) is 0.375. The van der Waals surface area contributed by atoms with Crippen molar-refractivity contribution in [2.45, 2.75) is 38.6 Å². The Kier molecular flexibility index (Phi) is 2.96. The number of hydrogen-bond acceptors (Lipinski definition) is 4. The molecule has 0 unspecified atom stereocenters. The van der Waals surface area contributed by atoms with E-state index >= 15 is 0 Å². The fourth-order valence-corrected chi connectivity index (χ4v) is 3.78. The third kappa shape index (κ3) is 2.12. The monoisotopic (exact) mass is 300 g/mol. The molecule has 0 radical (unpaired) electrons. The molecule has 1 aliphatic rings. The lowest BCUT2D eigenvalue weighted by Crippen LogP contribution is -2.14. The first-order chi connectivity index (χ1) is 10.3. The van der Waals surface area contributed by atoms with Crippen LogP contribution in [0.3, 0.4) is 0 Å². The maximum atomic E-state index is 12.4. The first-order valence-electron chi connectivity index (χ1n) is 7.34. The molecule has 0 atom stereocenters. The third-order valence-electron chi connectivity index (χ3n) is 4.05. The zero-order valence-corrected chi connectivity index (χ0v) is 12.7. The average Bonchev–Trinajstić information content (AvgIpc) is 3.20. The summed E-state index contributed by atoms with van der Waals surface area (Å²) in [5, 5.41) is 5.01. The summed E-state index contributed by atoms with van der Waals surface area (Å²) < 4.78 is 8.33. The minimum atomic E-state index is 0.0635. The Morgan fingerprint density at radius 1 is 1.38 bits per heavy atom. The minimum absolute atomic E-state index is 0.0635. The molecular formula is C16H16N2O2S. The summed E-state index contributed by atoms with van der Waals surface area (Å²) in [5.74, 6) is 1.60. The Bertz CT molecular complexity index is 855. The van der Waals surface area contributed by atoms with Crippen molar-refractivity contribution < 1.29 is 4.52 Å². The predicted octanol–water partition coefficient (Wildman–Crippen LogP) is 3.54. The highest BCUT2D eigenvalue weighted by atomic mass is 32.1. The van der Waals surface area contributed by atoms with Crippen LogP contribution in [0.5, 0.6) is 0 Å². The van der Waals surface area contributed by atoms with Gasteiger partial charge in [-0.15, -0.1) is 0 Å². The molecule has 1 aliphatic carbocycles. The van der Waals surface area contributed by atoms with Crippen molar-refractivity contribution in [3.63, 3.8) is 0 Å². The van der Waals surface area contributed by atoms with Crippen molar-refractivity contribution in [1.82, 2.24) is 9.11 Å².